The SMILES string of the molecule is CCOc1cc(/C=C2/SC(=S)N(c3cccc(Br)c3)C2=O)ccc1O[C@H](C)CC. The molecule has 7 heteroatoms. The summed E-state index contributed by atoms with van der Waals surface area (Å²) in [5.41, 5.74) is 1.61. The maximum atomic E-state index is 13.0. The Morgan fingerprint density at radius 1 is 1.21 bits per heavy atom. The van der Waals surface area contributed by atoms with Gasteiger partial charge in [0.1, 0.15) is 0 Å². The van der Waals surface area contributed by atoms with Crippen LogP contribution in [-0.2, 0) is 4.79 Å². The van der Waals surface area contributed by atoms with Crippen LogP contribution in [0.3, 0.4) is 0 Å². The van der Waals surface area contributed by atoms with Gasteiger partial charge in [0.2, 0.25) is 0 Å². The minimum absolute atomic E-state index is 0.0986. The fraction of sp³-hybridized carbons (Fsp3) is 0.273. The molecule has 0 bridgehead atoms. The molecule has 0 unspecified atom stereocenters. The number of thiocarbonyl (C=S) groups is 1. The number of hydrogen-bond donors (Lipinski definition) is 0. The molecule has 0 saturated carbocycles. The maximum absolute atomic E-state index is 13.0. The molecule has 29 heavy (non-hydrogen) atoms. The van der Waals surface area contributed by atoms with Crippen LogP contribution in [0, 0.1) is 0 Å². The molecule has 2 aromatic carbocycles. The fourth-order valence-electron chi connectivity index (χ4n) is 2.74. The van der Waals surface area contributed by atoms with E-state index < -0.39 is 0 Å². The highest BCUT2D eigenvalue weighted by atomic mass is 79.9. The summed E-state index contributed by atoms with van der Waals surface area (Å²) in [6.45, 7) is 6.57. The Hall–Kier alpha value is -1.83. The van der Waals surface area contributed by atoms with E-state index in [1.165, 1.54) is 11.8 Å². The molecule has 1 heterocycles. The molecule has 4 nitrogen and oxygen atoms in total. The maximum Gasteiger partial charge on any atom is 0.270 e. The van der Waals surface area contributed by atoms with Crippen molar-refractivity contribution in [1.29, 1.82) is 0 Å². The molecule has 2 aromatic rings. The highest BCUT2D eigenvalue weighted by molar-refractivity contribution is 9.10. The van der Waals surface area contributed by atoms with Crippen molar-refractivity contribution in [1.82, 2.24) is 0 Å². The molecule has 0 spiro atoms. The average molecular weight is 492 g/mol. The standard InChI is InChI=1S/C22H22BrNO3S2/c1-4-14(3)27-18-10-9-15(11-19(18)26-5-2)12-20-21(25)24(22(28)29-20)17-8-6-7-16(23)13-17/h6-14H,4-5H2,1-3H3/b20-12+/t14-/m1/s1. The Bertz CT molecular complexity index is 961. The van der Waals surface area contributed by atoms with E-state index in [2.05, 4.69) is 22.9 Å². The van der Waals surface area contributed by atoms with Gasteiger partial charge in [0.05, 0.1) is 23.3 Å². The number of halogens is 1. The molecule has 0 N–H and O–H groups in total. The molecule has 1 atom stereocenters. The minimum Gasteiger partial charge on any atom is -0.490 e. The Morgan fingerprint density at radius 2 is 2.00 bits per heavy atom. The first-order chi connectivity index (χ1) is 13.9. The molecule has 0 aromatic heterocycles. The third-order valence-electron chi connectivity index (χ3n) is 4.33. The number of benzene rings is 2. The third-order valence-corrected chi connectivity index (χ3v) is 6.12. The van der Waals surface area contributed by atoms with Gasteiger partial charge in [0, 0.05) is 4.47 Å². The fourth-order valence-corrected chi connectivity index (χ4v) is 4.42. The highest BCUT2D eigenvalue weighted by Gasteiger charge is 2.33. The van der Waals surface area contributed by atoms with Crippen LogP contribution < -0.4 is 14.4 Å². The van der Waals surface area contributed by atoms with Gasteiger partial charge in [-0.05, 0) is 62.2 Å². The summed E-state index contributed by atoms with van der Waals surface area (Å²) in [4.78, 5) is 15.1. The first-order valence-corrected chi connectivity index (χ1v) is 11.4. The van der Waals surface area contributed by atoms with Crippen LogP contribution in [0.15, 0.2) is 51.8 Å². The predicted molar refractivity (Wildman–Crippen MR) is 128 cm³/mol. The number of thioether (sulfide) groups is 1. The molecule has 0 radical (unpaired) electrons. The number of hydrogen-bond acceptors (Lipinski definition) is 5. The van der Waals surface area contributed by atoms with E-state index in [0.717, 1.165) is 22.1 Å². The number of anilines is 1. The van der Waals surface area contributed by atoms with E-state index in [-0.39, 0.29) is 12.0 Å². The van der Waals surface area contributed by atoms with Crippen molar-refractivity contribution in [3.05, 3.63) is 57.4 Å². The van der Waals surface area contributed by atoms with E-state index in [4.69, 9.17) is 21.7 Å². The lowest BCUT2D eigenvalue weighted by Gasteiger charge is -2.16. The van der Waals surface area contributed by atoms with Crippen LogP contribution in [0.5, 0.6) is 11.5 Å². The molecular weight excluding hydrogens is 470 g/mol. The predicted octanol–water partition coefficient (Wildman–Crippen LogP) is 6.43. The van der Waals surface area contributed by atoms with Crippen molar-refractivity contribution < 1.29 is 14.3 Å². The number of ether oxygens (including phenoxy) is 2. The largest absolute Gasteiger partial charge is 0.490 e. The molecule has 1 aliphatic rings. The molecular formula is C22H22BrNO3S2. The molecule has 1 aliphatic heterocycles. The van der Waals surface area contributed by atoms with Crippen molar-refractivity contribution >= 4 is 61.9 Å². The molecule has 0 aliphatic carbocycles. The summed E-state index contributed by atoms with van der Waals surface area (Å²) >= 11 is 10.2. The Morgan fingerprint density at radius 3 is 2.69 bits per heavy atom. The zero-order valence-electron chi connectivity index (χ0n) is 16.5. The van der Waals surface area contributed by atoms with Crippen molar-refractivity contribution in [2.24, 2.45) is 0 Å². The first kappa shape index (κ1) is 21.9. The van der Waals surface area contributed by atoms with Gasteiger partial charge in [0.25, 0.3) is 5.91 Å². The second-order valence-corrected chi connectivity index (χ2v) is 9.06. The number of nitrogens with zero attached hydrogens (tertiary/aromatic N) is 1. The Labute approximate surface area is 189 Å². The van der Waals surface area contributed by atoms with Gasteiger partial charge in [-0.3, -0.25) is 9.69 Å². The lowest BCUT2D eigenvalue weighted by Crippen LogP contribution is -2.27. The van der Waals surface area contributed by atoms with E-state index >= 15 is 0 Å². The van der Waals surface area contributed by atoms with Crippen LogP contribution in [0.2, 0.25) is 0 Å². The quantitative estimate of drug-likeness (QED) is 0.329. The van der Waals surface area contributed by atoms with Crippen LogP contribution >= 0.6 is 39.9 Å². The summed E-state index contributed by atoms with van der Waals surface area (Å²) < 4.78 is 13.1. The molecule has 1 saturated heterocycles. The van der Waals surface area contributed by atoms with Crippen LogP contribution in [0.1, 0.15) is 32.8 Å². The molecule has 1 fully saturated rings. The molecule has 3 rings (SSSR count). The van der Waals surface area contributed by atoms with Gasteiger partial charge in [0.15, 0.2) is 15.8 Å². The number of carbonyl (C=O) groups excluding carboxylic acids is 1. The lowest BCUT2D eigenvalue weighted by atomic mass is 10.1. The zero-order valence-corrected chi connectivity index (χ0v) is 19.7. The average Bonchev–Trinajstić information content (AvgIpc) is 2.97. The molecule has 1 amide bonds. The number of carbonyl (C=O) groups is 1. The van der Waals surface area contributed by atoms with Gasteiger partial charge in [-0.15, -0.1) is 0 Å². The number of amides is 1. The van der Waals surface area contributed by atoms with Crippen molar-refractivity contribution in [3.63, 3.8) is 0 Å². The first-order valence-electron chi connectivity index (χ1n) is 9.40. The van der Waals surface area contributed by atoms with Crippen molar-refractivity contribution in [2.75, 3.05) is 11.5 Å². The minimum atomic E-state index is -0.129. The van der Waals surface area contributed by atoms with E-state index in [9.17, 15) is 4.79 Å². The van der Waals surface area contributed by atoms with Gasteiger partial charge >= 0.3 is 0 Å². The summed E-state index contributed by atoms with van der Waals surface area (Å²) in [6.07, 6.45) is 2.85. The lowest BCUT2D eigenvalue weighted by molar-refractivity contribution is -0.113. The smallest absolute Gasteiger partial charge is 0.270 e. The summed E-state index contributed by atoms with van der Waals surface area (Å²) in [6, 6.07) is 13.2. The summed E-state index contributed by atoms with van der Waals surface area (Å²) in [5, 5.41) is 0. The highest BCUT2D eigenvalue weighted by Crippen LogP contribution is 2.38. The van der Waals surface area contributed by atoms with Gasteiger partial charge < -0.3 is 9.47 Å². The van der Waals surface area contributed by atoms with Gasteiger partial charge in [-0.2, -0.15) is 0 Å². The third kappa shape index (κ3) is 5.21. The van der Waals surface area contributed by atoms with Crippen LogP contribution in [0.25, 0.3) is 6.08 Å². The van der Waals surface area contributed by atoms with Crippen LogP contribution in [0.4, 0.5) is 5.69 Å². The Kier molecular flexibility index (Phi) is 7.38. The Balaban J connectivity index is 1.88. The molecule has 152 valence electrons. The monoisotopic (exact) mass is 491 g/mol. The van der Waals surface area contributed by atoms with Crippen LogP contribution in [-0.4, -0.2) is 22.9 Å². The normalized spacial score (nSPS) is 16.4. The second-order valence-electron chi connectivity index (χ2n) is 6.47. The second kappa shape index (κ2) is 9.78. The van der Waals surface area contributed by atoms with Crippen molar-refractivity contribution in [2.45, 2.75) is 33.3 Å². The summed E-state index contributed by atoms with van der Waals surface area (Å²) in [5.74, 6) is 1.25. The number of rotatable bonds is 7. The van der Waals surface area contributed by atoms with Gasteiger partial charge in [-0.25, -0.2) is 0 Å². The van der Waals surface area contributed by atoms with E-state index in [0.29, 0.717) is 27.3 Å². The topological polar surface area (TPSA) is 38.8 Å². The van der Waals surface area contributed by atoms with Gasteiger partial charge in [-0.1, -0.05) is 59.0 Å². The van der Waals surface area contributed by atoms with E-state index in [1.807, 2.05) is 62.4 Å². The van der Waals surface area contributed by atoms with E-state index in [1.54, 1.807) is 4.90 Å². The van der Waals surface area contributed by atoms with Crippen molar-refractivity contribution in [3.8, 4) is 11.5 Å². The summed E-state index contributed by atoms with van der Waals surface area (Å²) in [7, 11) is 0. The zero-order chi connectivity index (χ0) is 21.0.